The number of amides is 2. The molecule has 2 amide bonds. The van der Waals surface area contributed by atoms with Gasteiger partial charge in [-0.25, -0.2) is 14.0 Å². The summed E-state index contributed by atoms with van der Waals surface area (Å²) < 4.78 is 16.5. The van der Waals surface area contributed by atoms with Crippen molar-refractivity contribution in [2.24, 2.45) is 0 Å². The van der Waals surface area contributed by atoms with E-state index in [4.69, 9.17) is 0 Å². The van der Waals surface area contributed by atoms with Gasteiger partial charge in [-0.05, 0) is 67.6 Å². The first-order valence-corrected chi connectivity index (χ1v) is 12.0. The van der Waals surface area contributed by atoms with Crippen LogP contribution < -0.4 is 14.6 Å². The molecule has 0 fully saturated rings. The van der Waals surface area contributed by atoms with E-state index in [0.717, 1.165) is 16.0 Å². The Morgan fingerprint density at radius 1 is 0.946 bits per heavy atom. The molecule has 3 heterocycles. The van der Waals surface area contributed by atoms with Gasteiger partial charge >= 0.3 is 5.91 Å². The highest BCUT2D eigenvalue weighted by atomic mass is 19.1. The number of benzene rings is 2. The molecule has 0 saturated heterocycles. The Kier molecular flexibility index (Phi) is 6.17. The number of rotatable bonds is 6. The number of aromatic nitrogens is 3. The summed E-state index contributed by atoms with van der Waals surface area (Å²) in [5.41, 5.74) is 3.31. The number of nitrogens with zero attached hydrogens (tertiary/aromatic N) is 4. The minimum atomic E-state index is -0.655. The lowest BCUT2D eigenvalue weighted by molar-refractivity contribution is -0.576. The zero-order chi connectivity index (χ0) is 26.3. The first-order valence-electron chi connectivity index (χ1n) is 12.0. The number of anilines is 1. The molecule has 37 heavy (non-hydrogen) atoms. The van der Waals surface area contributed by atoms with E-state index in [-0.39, 0.29) is 22.5 Å². The van der Waals surface area contributed by atoms with Crippen LogP contribution in [0.25, 0.3) is 17.0 Å². The van der Waals surface area contributed by atoms with E-state index in [2.05, 4.69) is 5.10 Å². The van der Waals surface area contributed by atoms with Gasteiger partial charge in [-0.1, -0.05) is 31.5 Å². The Hall–Kier alpha value is -4.59. The Morgan fingerprint density at radius 3 is 2.32 bits per heavy atom. The second-order valence-corrected chi connectivity index (χ2v) is 8.94. The van der Waals surface area contributed by atoms with E-state index < -0.39 is 23.5 Å². The highest BCUT2D eigenvalue weighted by Gasteiger charge is 2.47. The summed E-state index contributed by atoms with van der Waals surface area (Å²) in [6.45, 7) is 5.82. The molecule has 0 N–H and O–H groups in total. The number of aryl methyl sites for hydroxylation is 2. The van der Waals surface area contributed by atoms with E-state index in [1.54, 1.807) is 30.6 Å². The van der Waals surface area contributed by atoms with E-state index in [1.807, 2.05) is 39.0 Å². The molecule has 0 bridgehead atoms. The largest absolute Gasteiger partial charge is 0.858 e. The van der Waals surface area contributed by atoms with Gasteiger partial charge in [0.25, 0.3) is 11.6 Å². The first-order chi connectivity index (χ1) is 17.8. The van der Waals surface area contributed by atoms with Crippen LogP contribution in [0, 0.1) is 19.7 Å². The third kappa shape index (κ3) is 4.00. The Morgan fingerprint density at radius 2 is 1.65 bits per heavy atom. The quantitative estimate of drug-likeness (QED) is 0.300. The van der Waals surface area contributed by atoms with Crippen molar-refractivity contribution in [3.05, 3.63) is 101 Å². The van der Waals surface area contributed by atoms with Crippen molar-refractivity contribution in [2.75, 3.05) is 4.90 Å². The number of hydrogen-bond acceptors (Lipinski definition) is 4. The number of carbonyl (C=O) groups excluding carboxylic acids is 2. The monoisotopic (exact) mass is 496 g/mol. The average molecular weight is 497 g/mol. The van der Waals surface area contributed by atoms with Crippen LogP contribution in [0.1, 0.15) is 35.7 Å². The van der Waals surface area contributed by atoms with Gasteiger partial charge in [0.1, 0.15) is 11.4 Å². The summed E-state index contributed by atoms with van der Waals surface area (Å²) in [6.07, 6.45) is 4.42. The lowest BCUT2D eigenvalue weighted by Gasteiger charge is -2.17. The number of halogens is 1. The third-order valence-electron chi connectivity index (χ3n) is 6.57. The first kappa shape index (κ1) is 24.1. The summed E-state index contributed by atoms with van der Waals surface area (Å²) in [6, 6.07) is 16.0. The average Bonchev–Trinajstić information content (AvgIpc) is 3.34. The van der Waals surface area contributed by atoms with Gasteiger partial charge < -0.3 is 5.11 Å². The summed E-state index contributed by atoms with van der Waals surface area (Å²) >= 11 is 0. The lowest BCUT2D eigenvalue weighted by Crippen LogP contribution is -2.39. The molecule has 0 atom stereocenters. The predicted octanol–water partition coefficient (Wildman–Crippen LogP) is 3.88. The van der Waals surface area contributed by atoms with Gasteiger partial charge in [0.05, 0.1) is 17.1 Å². The van der Waals surface area contributed by atoms with E-state index in [0.29, 0.717) is 24.2 Å². The molecule has 4 aromatic rings. The van der Waals surface area contributed by atoms with Gasteiger partial charge in [-0.2, -0.15) is 9.67 Å². The van der Waals surface area contributed by atoms with Crippen molar-refractivity contribution in [3.63, 3.8) is 0 Å². The summed E-state index contributed by atoms with van der Waals surface area (Å²) in [4.78, 5) is 28.7. The molecule has 0 unspecified atom stereocenters. The number of carbonyl (C=O) groups is 2. The number of pyridine rings is 1. The van der Waals surface area contributed by atoms with E-state index >= 15 is 0 Å². The van der Waals surface area contributed by atoms with Crippen molar-refractivity contribution in [2.45, 2.75) is 33.6 Å². The van der Waals surface area contributed by atoms with Gasteiger partial charge in [0, 0.05) is 17.7 Å². The minimum Gasteiger partial charge on any atom is -0.858 e. The van der Waals surface area contributed by atoms with Crippen molar-refractivity contribution >= 4 is 28.8 Å². The fourth-order valence-corrected chi connectivity index (χ4v) is 4.59. The Labute approximate surface area is 213 Å². The lowest BCUT2D eigenvalue weighted by atomic mass is 10.0. The summed E-state index contributed by atoms with van der Waals surface area (Å²) in [7, 11) is 0. The van der Waals surface area contributed by atoms with Crippen LogP contribution >= 0.6 is 0 Å². The molecule has 5 rings (SSSR count). The number of hydrogen-bond donors (Lipinski definition) is 0. The van der Waals surface area contributed by atoms with Crippen LogP contribution in [0.5, 0.6) is 5.88 Å². The van der Waals surface area contributed by atoms with Gasteiger partial charge in [-0.3, -0.25) is 9.59 Å². The molecule has 0 saturated carbocycles. The maximum absolute atomic E-state index is 14.0. The molecular formula is C29H25FN4O3. The van der Waals surface area contributed by atoms with Crippen molar-refractivity contribution < 1.29 is 23.7 Å². The van der Waals surface area contributed by atoms with E-state index in [9.17, 15) is 19.1 Å². The summed E-state index contributed by atoms with van der Waals surface area (Å²) in [5.74, 6) is -2.22. The second kappa shape index (κ2) is 9.46. The van der Waals surface area contributed by atoms with Crippen LogP contribution in [0.4, 0.5) is 10.1 Å². The van der Waals surface area contributed by atoms with Crippen molar-refractivity contribution in [1.29, 1.82) is 0 Å². The predicted molar refractivity (Wildman–Crippen MR) is 135 cm³/mol. The van der Waals surface area contributed by atoms with Crippen molar-refractivity contribution in [3.8, 4) is 11.6 Å². The molecule has 7 nitrogen and oxygen atoms in total. The second-order valence-electron chi connectivity index (χ2n) is 8.94. The molecular weight excluding hydrogens is 471 g/mol. The van der Waals surface area contributed by atoms with Crippen LogP contribution in [0.2, 0.25) is 0 Å². The fraction of sp³-hybridized carbons (Fsp3) is 0.172. The maximum atomic E-state index is 14.0. The highest BCUT2D eigenvalue weighted by Crippen LogP contribution is 2.39. The van der Waals surface area contributed by atoms with E-state index in [1.165, 1.54) is 33.5 Å². The van der Waals surface area contributed by atoms with Crippen LogP contribution in [-0.2, 0) is 16.0 Å². The SMILES string of the molecule is CCCc1nn(-c2cccc(C)c2C)c([O-])c1C1=C([n+]2ccccc2)C(=O)N(c2ccc(F)cc2)C1=O. The Bertz CT molecular complexity index is 1560. The molecule has 1 aliphatic rings. The Balaban J connectivity index is 1.78. The third-order valence-corrected chi connectivity index (χ3v) is 6.57. The van der Waals surface area contributed by atoms with Crippen LogP contribution in [0.3, 0.4) is 0 Å². The summed E-state index contributed by atoms with van der Waals surface area (Å²) in [5, 5.41) is 18.6. The highest BCUT2D eigenvalue weighted by molar-refractivity contribution is 6.53. The van der Waals surface area contributed by atoms with Gasteiger partial charge in [0.15, 0.2) is 12.4 Å². The minimum absolute atomic E-state index is 0.0180. The van der Waals surface area contributed by atoms with Crippen LogP contribution in [-0.4, -0.2) is 21.6 Å². The molecule has 1 aliphatic heterocycles. The normalized spacial score (nSPS) is 13.7. The molecule has 0 aliphatic carbocycles. The topological polar surface area (TPSA) is 82.1 Å². The van der Waals surface area contributed by atoms with Gasteiger partial charge in [-0.15, -0.1) is 0 Å². The van der Waals surface area contributed by atoms with Crippen LogP contribution in [0.15, 0.2) is 73.1 Å². The zero-order valence-electron chi connectivity index (χ0n) is 20.7. The molecule has 186 valence electrons. The maximum Gasteiger partial charge on any atom is 0.331 e. The molecule has 0 spiro atoms. The van der Waals surface area contributed by atoms with Crippen molar-refractivity contribution in [1.82, 2.24) is 9.78 Å². The molecule has 2 aromatic heterocycles. The smallest absolute Gasteiger partial charge is 0.331 e. The standard InChI is InChI=1S/C29H25FN4O3/c1-4-9-22-24(28(36)34(31-22)23-11-8-10-18(2)19(23)3)25-26(32-16-6-5-7-17-32)29(37)33(27(25)35)21-14-12-20(30)13-15-21/h5-8,10-17H,4,9H2,1-3H3. The number of imide groups is 1. The zero-order valence-corrected chi connectivity index (χ0v) is 20.7. The fourth-order valence-electron chi connectivity index (χ4n) is 4.59. The van der Waals surface area contributed by atoms with Gasteiger partial charge in [0.2, 0.25) is 0 Å². The molecule has 8 heteroatoms. The molecule has 2 aromatic carbocycles. The molecule has 0 radical (unpaired) electrons.